The highest BCUT2D eigenvalue weighted by atomic mass is 35.5. The second-order valence-corrected chi connectivity index (χ2v) is 9.78. The van der Waals surface area contributed by atoms with E-state index < -0.39 is 10.0 Å². The van der Waals surface area contributed by atoms with Crippen LogP contribution >= 0.6 is 23.8 Å². The van der Waals surface area contributed by atoms with Gasteiger partial charge in [0.05, 0.1) is 17.0 Å². The van der Waals surface area contributed by atoms with Crippen molar-refractivity contribution in [2.24, 2.45) is 0 Å². The number of rotatable bonds is 6. The Hall–Kier alpha value is -2.94. The van der Waals surface area contributed by atoms with Crippen LogP contribution < -0.4 is 15.4 Å². The highest BCUT2D eigenvalue weighted by Gasteiger charge is 2.15. The largest absolute Gasteiger partial charge is 0.332 e. The second kappa shape index (κ2) is 10.1. The zero-order valence-corrected chi connectivity index (χ0v) is 19.9. The van der Waals surface area contributed by atoms with E-state index in [0.29, 0.717) is 16.4 Å². The summed E-state index contributed by atoms with van der Waals surface area (Å²) in [6.07, 6.45) is 0.153. The van der Waals surface area contributed by atoms with Crippen molar-refractivity contribution in [1.82, 2.24) is 5.32 Å². The summed E-state index contributed by atoms with van der Waals surface area (Å²) in [5.74, 6) is -0.276. The van der Waals surface area contributed by atoms with Crippen molar-refractivity contribution in [3.8, 4) is 0 Å². The molecule has 0 spiro atoms. The summed E-state index contributed by atoms with van der Waals surface area (Å²) in [5.41, 5.74) is 3.78. The molecule has 166 valence electrons. The summed E-state index contributed by atoms with van der Waals surface area (Å²) >= 11 is 11.0. The number of carbonyl (C=O) groups excluding carboxylic acids is 1. The van der Waals surface area contributed by atoms with E-state index >= 15 is 0 Å². The van der Waals surface area contributed by atoms with Crippen LogP contribution in [0.3, 0.4) is 0 Å². The molecule has 32 heavy (non-hydrogen) atoms. The number of anilines is 2. The quantitative estimate of drug-likeness (QED) is 0.434. The summed E-state index contributed by atoms with van der Waals surface area (Å²) in [4.78, 5) is 12.3. The van der Waals surface area contributed by atoms with E-state index in [9.17, 15) is 13.2 Å². The number of thiocarbonyl (C=S) groups is 1. The molecule has 0 aliphatic rings. The average Bonchev–Trinajstić information content (AvgIpc) is 2.72. The van der Waals surface area contributed by atoms with Gasteiger partial charge in [0.25, 0.3) is 10.0 Å². The predicted octanol–water partition coefficient (Wildman–Crippen LogP) is 4.81. The number of hydrogen-bond donors (Lipinski definition) is 3. The molecular weight excluding hydrogens is 466 g/mol. The van der Waals surface area contributed by atoms with Crippen LogP contribution in [0.25, 0.3) is 0 Å². The molecule has 3 N–H and O–H groups in total. The van der Waals surface area contributed by atoms with E-state index in [-0.39, 0.29) is 22.3 Å². The fourth-order valence-electron chi connectivity index (χ4n) is 2.97. The minimum Gasteiger partial charge on any atom is -0.332 e. The normalized spacial score (nSPS) is 11.0. The zero-order chi connectivity index (χ0) is 23.3. The van der Waals surface area contributed by atoms with Crippen molar-refractivity contribution >= 4 is 56.2 Å². The van der Waals surface area contributed by atoms with Gasteiger partial charge in [-0.15, -0.1) is 0 Å². The van der Waals surface area contributed by atoms with E-state index in [1.54, 1.807) is 42.5 Å². The minimum absolute atomic E-state index is 0.112. The number of benzene rings is 3. The van der Waals surface area contributed by atoms with Gasteiger partial charge in [-0.25, -0.2) is 8.42 Å². The predicted molar refractivity (Wildman–Crippen MR) is 133 cm³/mol. The molecule has 0 saturated carbocycles. The van der Waals surface area contributed by atoms with Gasteiger partial charge < -0.3 is 10.6 Å². The SMILES string of the molecule is Cc1ccc(NS(=O)(=O)c2ccc(NC(=S)NC(=O)Cc3ccc(Cl)cc3)cc2)c(C)c1. The van der Waals surface area contributed by atoms with Crippen LogP contribution in [-0.4, -0.2) is 19.4 Å². The van der Waals surface area contributed by atoms with Gasteiger partial charge >= 0.3 is 0 Å². The third-order valence-corrected chi connectivity index (χ3v) is 6.42. The lowest BCUT2D eigenvalue weighted by molar-refractivity contribution is -0.119. The number of amides is 1. The number of halogens is 1. The molecular formula is C23H22ClN3O3S2. The van der Waals surface area contributed by atoms with Gasteiger partial charge in [-0.1, -0.05) is 41.4 Å². The maximum Gasteiger partial charge on any atom is 0.261 e. The van der Waals surface area contributed by atoms with Gasteiger partial charge in [0, 0.05) is 10.7 Å². The molecule has 0 aromatic heterocycles. The van der Waals surface area contributed by atoms with Crippen LogP contribution in [0.5, 0.6) is 0 Å². The third kappa shape index (κ3) is 6.53. The summed E-state index contributed by atoms with van der Waals surface area (Å²) in [7, 11) is -3.74. The van der Waals surface area contributed by atoms with Gasteiger partial charge in [0.1, 0.15) is 0 Å². The molecule has 6 nitrogen and oxygen atoms in total. The molecule has 0 bridgehead atoms. The molecule has 0 atom stereocenters. The smallest absolute Gasteiger partial charge is 0.261 e. The number of hydrogen-bond acceptors (Lipinski definition) is 4. The Morgan fingerprint density at radius 2 is 1.62 bits per heavy atom. The molecule has 0 saturated heterocycles. The van der Waals surface area contributed by atoms with Crippen LogP contribution in [0.4, 0.5) is 11.4 Å². The van der Waals surface area contributed by atoms with E-state index in [1.165, 1.54) is 12.1 Å². The minimum atomic E-state index is -3.74. The third-order valence-electron chi connectivity index (χ3n) is 4.58. The Kier molecular flexibility index (Phi) is 7.50. The Balaban J connectivity index is 1.59. The molecule has 0 radical (unpaired) electrons. The second-order valence-electron chi connectivity index (χ2n) is 7.25. The number of carbonyl (C=O) groups is 1. The summed E-state index contributed by atoms with van der Waals surface area (Å²) in [6.45, 7) is 3.79. The monoisotopic (exact) mass is 487 g/mol. The van der Waals surface area contributed by atoms with Gasteiger partial charge in [-0.05, 0) is 79.7 Å². The zero-order valence-electron chi connectivity index (χ0n) is 17.5. The van der Waals surface area contributed by atoms with E-state index in [1.807, 2.05) is 26.0 Å². The molecule has 1 amide bonds. The van der Waals surface area contributed by atoms with Gasteiger partial charge in [-0.2, -0.15) is 0 Å². The topological polar surface area (TPSA) is 87.3 Å². The lowest BCUT2D eigenvalue weighted by atomic mass is 10.1. The van der Waals surface area contributed by atoms with Gasteiger partial charge in [0.15, 0.2) is 5.11 Å². The van der Waals surface area contributed by atoms with Crippen molar-refractivity contribution in [2.45, 2.75) is 25.2 Å². The first-order chi connectivity index (χ1) is 15.1. The van der Waals surface area contributed by atoms with E-state index in [4.69, 9.17) is 23.8 Å². The number of aryl methyl sites for hydroxylation is 2. The number of nitrogens with one attached hydrogen (secondary N) is 3. The Morgan fingerprint density at radius 1 is 0.969 bits per heavy atom. The average molecular weight is 488 g/mol. The van der Waals surface area contributed by atoms with Gasteiger partial charge in [-0.3, -0.25) is 9.52 Å². The van der Waals surface area contributed by atoms with Crippen LogP contribution in [0.1, 0.15) is 16.7 Å². The first kappa shape index (κ1) is 23.7. The number of sulfonamides is 1. The lowest BCUT2D eigenvalue weighted by Gasteiger charge is -2.13. The Bertz CT molecular complexity index is 1240. The van der Waals surface area contributed by atoms with Crippen LogP contribution in [0, 0.1) is 13.8 Å². The molecule has 0 aliphatic heterocycles. The highest BCUT2D eigenvalue weighted by Crippen LogP contribution is 2.22. The van der Waals surface area contributed by atoms with Crippen molar-refractivity contribution in [2.75, 3.05) is 10.0 Å². The molecule has 0 fully saturated rings. The molecule has 3 aromatic rings. The first-order valence-corrected chi connectivity index (χ1v) is 11.9. The maximum absolute atomic E-state index is 12.7. The Labute approximate surface area is 198 Å². The van der Waals surface area contributed by atoms with Crippen molar-refractivity contribution < 1.29 is 13.2 Å². The van der Waals surface area contributed by atoms with Crippen LogP contribution in [0.2, 0.25) is 5.02 Å². The molecule has 3 aromatic carbocycles. The van der Waals surface area contributed by atoms with Crippen molar-refractivity contribution in [1.29, 1.82) is 0 Å². The standard InChI is InChI=1S/C23H22ClN3O3S2/c1-15-3-12-21(16(2)13-15)27-32(29,30)20-10-8-19(9-11-20)25-23(31)26-22(28)14-17-4-6-18(24)7-5-17/h3-13,27H,14H2,1-2H3,(H2,25,26,28,31). The summed E-state index contributed by atoms with van der Waals surface area (Å²) in [6, 6.07) is 18.5. The van der Waals surface area contributed by atoms with Crippen LogP contribution in [-0.2, 0) is 21.2 Å². The van der Waals surface area contributed by atoms with E-state index in [0.717, 1.165) is 16.7 Å². The Morgan fingerprint density at radius 3 is 2.25 bits per heavy atom. The highest BCUT2D eigenvalue weighted by molar-refractivity contribution is 7.92. The summed E-state index contributed by atoms with van der Waals surface area (Å²) < 4.78 is 28.0. The van der Waals surface area contributed by atoms with E-state index in [2.05, 4.69) is 15.4 Å². The summed E-state index contributed by atoms with van der Waals surface area (Å²) in [5, 5.41) is 6.19. The lowest BCUT2D eigenvalue weighted by Crippen LogP contribution is -2.35. The fraction of sp³-hybridized carbons (Fsp3) is 0.130. The van der Waals surface area contributed by atoms with Crippen molar-refractivity contribution in [3.63, 3.8) is 0 Å². The molecule has 9 heteroatoms. The first-order valence-electron chi connectivity index (χ1n) is 9.68. The van der Waals surface area contributed by atoms with Gasteiger partial charge in [0.2, 0.25) is 5.91 Å². The van der Waals surface area contributed by atoms with Crippen LogP contribution in [0.15, 0.2) is 71.6 Å². The fourth-order valence-corrected chi connectivity index (χ4v) is 4.46. The molecule has 0 unspecified atom stereocenters. The van der Waals surface area contributed by atoms with Crippen molar-refractivity contribution in [3.05, 3.63) is 88.4 Å². The molecule has 0 heterocycles. The molecule has 3 rings (SSSR count). The maximum atomic E-state index is 12.7. The molecule has 0 aliphatic carbocycles.